The summed E-state index contributed by atoms with van der Waals surface area (Å²) in [6, 6.07) is 12.2. The van der Waals surface area contributed by atoms with E-state index in [1.165, 1.54) is 0 Å². The van der Waals surface area contributed by atoms with Crippen molar-refractivity contribution in [3.05, 3.63) is 42.1 Å². The number of nitrogens with two attached hydrogens (primary N) is 1. The lowest BCUT2D eigenvalue weighted by molar-refractivity contribution is 0.801. The first-order valence-electron chi connectivity index (χ1n) is 5.98. The Morgan fingerprint density at radius 1 is 1.21 bits per heavy atom. The van der Waals surface area contributed by atoms with Crippen molar-refractivity contribution < 1.29 is 0 Å². The quantitative estimate of drug-likeness (QED) is 0.777. The van der Waals surface area contributed by atoms with Crippen LogP contribution < -0.4 is 5.73 Å². The third kappa shape index (κ3) is 2.17. The van der Waals surface area contributed by atoms with Gasteiger partial charge in [0.05, 0.1) is 10.9 Å². The predicted molar refractivity (Wildman–Crippen MR) is 78.2 cm³/mol. The van der Waals surface area contributed by atoms with Crippen LogP contribution in [0.3, 0.4) is 0 Å². The van der Waals surface area contributed by atoms with Gasteiger partial charge in [0.15, 0.2) is 5.82 Å². The van der Waals surface area contributed by atoms with Crippen LogP contribution in [0.1, 0.15) is 5.69 Å². The first kappa shape index (κ1) is 12.0. The van der Waals surface area contributed by atoms with Crippen LogP contribution in [0, 0.1) is 6.92 Å². The first-order chi connectivity index (χ1) is 9.15. The maximum atomic E-state index is 6.00. The number of hydrogen-bond acceptors (Lipinski definition) is 4. The Kier molecular flexibility index (Phi) is 2.91. The average Bonchev–Trinajstić information content (AvgIpc) is 2.66. The van der Waals surface area contributed by atoms with Gasteiger partial charge in [-0.2, -0.15) is 5.10 Å². The molecule has 0 aliphatic heterocycles. The van der Waals surface area contributed by atoms with Crippen molar-refractivity contribution in [3.8, 4) is 0 Å². The van der Waals surface area contributed by atoms with Crippen molar-refractivity contribution in [2.45, 2.75) is 16.8 Å². The molecule has 5 heteroatoms. The maximum Gasteiger partial charge on any atom is 0.156 e. The zero-order valence-electron chi connectivity index (χ0n) is 10.8. The highest BCUT2D eigenvalue weighted by molar-refractivity contribution is 7.99. The lowest BCUT2D eigenvalue weighted by Gasteiger charge is -2.05. The summed E-state index contributed by atoms with van der Waals surface area (Å²) in [5.41, 5.74) is 7.98. The fourth-order valence-corrected chi connectivity index (χ4v) is 3.08. The Hall–Kier alpha value is -2.01. The second-order valence-corrected chi connectivity index (χ2v) is 5.45. The van der Waals surface area contributed by atoms with E-state index in [1.54, 1.807) is 16.4 Å². The van der Waals surface area contributed by atoms with Gasteiger partial charge < -0.3 is 5.73 Å². The minimum Gasteiger partial charge on any atom is -0.382 e. The molecule has 96 valence electrons. The molecule has 3 aromatic rings. The van der Waals surface area contributed by atoms with Crippen molar-refractivity contribution in [3.63, 3.8) is 0 Å². The summed E-state index contributed by atoms with van der Waals surface area (Å²) >= 11 is 1.61. The van der Waals surface area contributed by atoms with Gasteiger partial charge in [0, 0.05) is 17.6 Å². The number of anilines is 1. The molecule has 19 heavy (non-hydrogen) atoms. The molecule has 0 amide bonds. The smallest absolute Gasteiger partial charge is 0.156 e. The van der Waals surface area contributed by atoms with Crippen molar-refractivity contribution in [1.82, 2.24) is 14.8 Å². The summed E-state index contributed by atoms with van der Waals surface area (Å²) in [7, 11) is 1.90. The molecule has 0 bridgehead atoms. The molecule has 0 spiro atoms. The van der Waals surface area contributed by atoms with Crippen molar-refractivity contribution in [2.75, 3.05) is 5.73 Å². The number of nitrogens with zero attached hydrogens (tertiary/aromatic N) is 3. The first-order valence-corrected chi connectivity index (χ1v) is 6.79. The number of pyridine rings is 1. The zero-order chi connectivity index (χ0) is 13.4. The van der Waals surface area contributed by atoms with Crippen molar-refractivity contribution in [1.29, 1.82) is 0 Å². The molecular weight excluding hydrogens is 256 g/mol. The minimum atomic E-state index is 0.531. The van der Waals surface area contributed by atoms with Gasteiger partial charge in [-0.05, 0) is 25.1 Å². The number of benzene rings is 1. The van der Waals surface area contributed by atoms with E-state index in [-0.39, 0.29) is 0 Å². The molecule has 0 unspecified atom stereocenters. The Balaban J connectivity index is 2.17. The average molecular weight is 270 g/mol. The lowest BCUT2D eigenvalue weighted by Crippen LogP contribution is -1.92. The SMILES string of the molecule is Cc1cc2c(c(N)nn2C)c(Sc2ccccc2)n1. The largest absolute Gasteiger partial charge is 0.382 e. The molecular formula is C14H14N4S. The molecule has 2 heterocycles. The molecule has 0 aliphatic carbocycles. The fraction of sp³-hybridized carbons (Fsp3) is 0.143. The van der Waals surface area contributed by atoms with Crippen LogP contribution in [0.2, 0.25) is 0 Å². The summed E-state index contributed by atoms with van der Waals surface area (Å²) in [6.07, 6.45) is 0. The van der Waals surface area contributed by atoms with Gasteiger partial charge >= 0.3 is 0 Å². The Bertz CT molecular complexity index is 734. The number of aryl methyl sites for hydroxylation is 2. The summed E-state index contributed by atoms with van der Waals surface area (Å²) in [5, 5.41) is 6.12. The van der Waals surface area contributed by atoms with E-state index < -0.39 is 0 Å². The van der Waals surface area contributed by atoms with Gasteiger partial charge in [-0.3, -0.25) is 4.68 Å². The molecule has 0 aliphatic rings. The van der Waals surface area contributed by atoms with Crippen molar-refractivity contribution >= 4 is 28.5 Å². The van der Waals surface area contributed by atoms with Gasteiger partial charge in [-0.15, -0.1) is 0 Å². The molecule has 3 rings (SSSR count). The number of hydrogen-bond donors (Lipinski definition) is 1. The third-order valence-corrected chi connectivity index (χ3v) is 3.91. The third-order valence-electron chi connectivity index (χ3n) is 2.91. The molecule has 0 saturated carbocycles. The summed E-state index contributed by atoms with van der Waals surface area (Å²) in [5.74, 6) is 0.531. The van der Waals surface area contributed by atoms with Crippen LogP contribution in [-0.2, 0) is 7.05 Å². The van der Waals surface area contributed by atoms with Gasteiger partial charge in [0.25, 0.3) is 0 Å². The number of rotatable bonds is 2. The van der Waals surface area contributed by atoms with Crippen LogP contribution in [0.25, 0.3) is 10.9 Å². The second-order valence-electron chi connectivity index (χ2n) is 4.39. The summed E-state index contributed by atoms with van der Waals surface area (Å²) < 4.78 is 1.80. The number of nitrogen functional groups attached to an aromatic ring is 1. The normalized spacial score (nSPS) is 11.1. The van der Waals surface area contributed by atoms with E-state index in [0.717, 1.165) is 26.5 Å². The summed E-state index contributed by atoms with van der Waals surface area (Å²) in [4.78, 5) is 5.74. The van der Waals surface area contributed by atoms with Gasteiger partial charge in [-0.1, -0.05) is 30.0 Å². The monoisotopic (exact) mass is 270 g/mol. The zero-order valence-corrected chi connectivity index (χ0v) is 11.6. The highest BCUT2D eigenvalue weighted by Gasteiger charge is 2.13. The van der Waals surface area contributed by atoms with Crippen molar-refractivity contribution in [2.24, 2.45) is 7.05 Å². The van der Waals surface area contributed by atoms with E-state index in [2.05, 4.69) is 22.2 Å². The molecule has 0 fully saturated rings. The van der Waals surface area contributed by atoms with Gasteiger partial charge in [0.1, 0.15) is 5.03 Å². The highest BCUT2D eigenvalue weighted by atomic mass is 32.2. The molecule has 1 aromatic carbocycles. The Morgan fingerprint density at radius 2 is 1.95 bits per heavy atom. The molecule has 0 radical (unpaired) electrons. The van der Waals surface area contributed by atoms with E-state index in [9.17, 15) is 0 Å². The number of fused-ring (bicyclic) bond motifs is 1. The van der Waals surface area contributed by atoms with E-state index in [0.29, 0.717) is 5.82 Å². The van der Waals surface area contributed by atoms with Gasteiger partial charge in [-0.25, -0.2) is 4.98 Å². The second kappa shape index (κ2) is 4.59. The lowest BCUT2D eigenvalue weighted by atomic mass is 10.3. The Labute approximate surface area is 115 Å². The predicted octanol–water partition coefficient (Wildman–Crippen LogP) is 3.01. The maximum absolute atomic E-state index is 6.00. The molecule has 2 aromatic heterocycles. The van der Waals surface area contributed by atoms with Crippen LogP contribution in [-0.4, -0.2) is 14.8 Å². The minimum absolute atomic E-state index is 0.531. The molecule has 2 N–H and O–H groups in total. The molecule has 0 saturated heterocycles. The summed E-state index contributed by atoms with van der Waals surface area (Å²) in [6.45, 7) is 1.98. The van der Waals surface area contributed by atoms with Crippen LogP contribution in [0.4, 0.5) is 5.82 Å². The van der Waals surface area contributed by atoms with E-state index in [1.807, 2.05) is 38.2 Å². The van der Waals surface area contributed by atoms with E-state index >= 15 is 0 Å². The molecule has 0 atom stereocenters. The van der Waals surface area contributed by atoms with Crippen LogP contribution in [0.5, 0.6) is 0 Å². The number of aromatic nitrogens is 3. The molecule has 4 nitrogen and oxygen atoms in total. The fourth-order valence-electron chi connectivity index (χ4n) is 2.06. The Morgan fingerprint density at radius 3 is 2.68 bits per heavy atom. The highest BCUT2D eigenvalue weighted by Crippen LogP contribution is 2.34. The standard InChI is InChI=1S/C14H14N4S/c1-9-8-11-12(13(15)17-18(11)2)14(16-9)19-10-6-4-3-5-7-10/h3-8H,1-2H3,(H2,15,17). The van der Waals surface area contributed by atoms with E-state index in [4.69, 9.17) is 5.73 Å². The van der Waals surface area contributed by atoms with Crippen LogP contribution >= 0.6 is 11.8 Å². The van der Waals surface area contributed by atoms with Crippen LogP contribution in [0.15, 0.2) is 46.3 Å². The van der Waals surface area contributed by atoms with Gasteiger partial charge in [0.2, 0.25) is 0 Å². The topological polar surface area (TPSA) is 56.7 Å².